The molecule has 1 aliphatic rings. The number of rotatable bonds is 4. The van der Waals surface area contributed by atoms with Gasteiger partial charge in [-0.15, -0.1) is 0 Å². The van der Waals surface area contributed by atoms with Crippen LogP contribution in [-0.4, -0.2) is 54.3 Å². The third-order valence-corrected chi connectivity index (χ3v) is 3.27. The summed E-state index contributed by atoms with van der Waals surface area (Å²) in [5.74, 6) is -1.48. The van der Waals surface area contributed by atoms with Crippen LogP contribution in [0.25, 0.3) is 0 Å². The molecule has 1 saturated heterocycles. The van der Waals surface area contributed by atoms with Gasteiger partial charge in [-0.3, -0.25) is 14.4 Å². The van der Waals surface area contributed by atoms with Gasteiger partial charge in [-0.1, -0.05) is 0 Å². The van der Waals surface area contributed by atoms with Gasteiger partial charge in [-0.25, -0.2) is 4.98 Å². The maximum atomic E-state index is 11.8. The number of carbonyl (C=O) groups is 3. The molecule has 0 spiro atoms. The summed E-state index contributed by atoms with van der Waals surface area (Å²) in [7, 11) is 1.48. The van der Waals surface area contributed by atoms with Crippen molar-refractivity contribution < 1.29 is 19.1 Å². The minimum absolute atomic E-state index is 0.173. The van der Waals surface area contributed by atoms with Crippen LogP contribution in [0.3, 0.4) is 0 Å². The molecule has 1 aliphatic heterocycles. The molecule has 118 valence electrons. The van der Waals surface area contributed by atoms with E-state index in [2.05, 4.69) is 15.6 Å². The molecule has 8 nitrogen and oxygen atoms in total. The minimum Gasteiger partial charge on any atom is -0.481 e. The van der Waals surface area contributed by atoms with Gasteiger partial charge in [-0.2, -0.15) is 0 Å². The number of nitrogens with zero attached hydrogens (tertiary/aromatic N) is 2. The van der Waals surface area contributed by atoms with Gasteiger partial charge in [-0.05, 0) is 18.9 Å². The number of amides is 3. The van der Waals surface area contributed by atoms with E-state index >= 15 is 0 Å². The lowest BCUT2D eigenvalue weighted by atomic mass is 10.4. The molecule has 1 aromatic rings. The van der Waals surface area contributed by atoms with E-state index in [-0.39, 0.29) is 12.5 Å². The van der Waals surface area contributed by atoms with Gasteiger partial charge in [0.15, 0.2) is 0 Å². The van der Waals surface area contributed by atoms with Crippen molar-refractivity contribution in [2.45, 2.75) is 12.8 Å². The predicted octanol–water partition coefficient (Wildman–Crippen LogP) is -0.233. The summed E-state index contributed by atoms with van der Waals surface area (Å²) < 4.78 is 4.89. The summed E-state index contributed by atoms with van der Waals surface area (Å²) in [4.78, 5) is 40.7. The third kappa shape index (κ3) is 4.18. The zero-order valence-corrected chi connectivity index (χ0v) is 12.3. The Morgan fingerprint density at radius 2 is 1.95 bits per heavy atom. The second-order valence-electron chi connectivity index (χ2n) is 4.81. The fourth-order valence-electron chi connectivity index (χ4n) is 2.08. The topological polar surface area (TPSA) is 101 Å². The van der Waals surface area contributed by atoms with E-state index in [1.165, 1.54) is 13.3 Å². The normalized spacial score (nSPS) is 13.6. The first-order chi connectivity index (χ1) is 10.6. The second-order valence-corrected chi connectivity index (χ2v) is 4.81. The molecule has 0 saturated carbocycles. The van der Waals surface area contributed by atoms with E-state index in [4.69, 9.17) is 4.74 Å². The fraction of sp³-hybridized carbons (Fsp3) is 0.429. The number of carbonyl (C=O) groups excluding carboxylic acids is 3. The summed E-state index contributed by atoms with van der Waals surface area (Å²) in [6, 6.07) is 3.12. The van der Waals surface area contributed by atoms with Gasteiger partial charge < -0.3 is 20.3 Å². The van der Waals surface area contributed by atoms with Crippen LogP contribution in [0.1, 0.15) is 12.8 Å². The smallest absolute Gasteiger partial charge is 0.313 e. The van der Waals surface area contributed by atoms with Gasteiger partial charge in [0, 0.05) is 19.2 Å². The molecular formula is C14H18N4O4. The van der Waals surface area contributed by atoms with E-state index in [1.54, 1.807) is 17.0 Å². The van der Waals surface area contributed by atoms with Crippen molar-refractivity contribution in [3.63, 3.8) is 0 Å². The Bertz CT molecular complexity index is 552. The fourth-order valence-corrected chi connectivity index (χ4v) is 2.08. The Hall–Kier alpha value is -2.64. The predicted molar refractivity (Wildman–Crippen MR) is 78.2 cm³/mol. The van der Waals surface area contributed by atoms with E-state index < -0.39 is 11.8 Å². The molecule has 22 heavy (non-hydrogen) atoms. The second kappa shape index (κ2) is 7.39. The van der Waals surface area contributed by atoms with Crippen LogP contribution in [-0.2, 0) is 14.4 Å². The molecule has 1 aromatic heterocycles. The average Bonchev–Trinajstić information content (AvgIpc) is 3.07. The number of nitrogens with one attached hydrogen (secondary N) is 2. The quantitative estimate of drug-likeness (QED) is 0.748. The van der Waals surface area contributed by atoms with Crippen molar-refractivity contribution in [3.8, 4) is 5.88 Å². The Kier molecular flexibility index (Phi) is 5.29. The highest BCUT2D eigenvalue weighted by Gasteiger charge is 2.20. The summed E-state index contributed by atoms with van der Waals surface area (Å²) in [6.07, 6.45) is 3.33. The van der Waals surface area contributed by atoms with Crippen molar-refractivity contribution in [2.75, 3.05) is 32.1 Å². The molecule has 0 aromatic carbocycles. The first kappa shape index (κ1) is 15.7. The number of pyridine rings is 1. The summed E-state index contributed by atoms with van der Waals surface area (Å²) in [5, 5.41) is 4.71. The Morgan fingerprint density at radius 1 is 1.23 bits per heavy atom. The zero-order valence-electron chi connectivity index (χ0n) is 12.3. The highest BCUT2D eigenvalue weighted by Crippen LogP contribution is 2.10. The summed E-state index contributed by atoms with van der Waals surface area (Å²) in [5.41, 5.74) is 0.367. The Balaban J connectivity index is 1.78. The Labute approximate surface area is 127 Å². The van der Waals surface area contributed by atoms with Crippen molar-refractivity contribution in [2.24, 2.45) is 0 Å². The lowest BCUT2D eigenvalue weighted by molar-refractivity contribution is -0.138. The number of anilines is 1. The number of aromatic nitrogens is 1. The van der Waals surface area contributed by atoms with Crippen LogP contribution < -0.4 is 15.4 Å². The number of ether oxygens (including phenoxy) is 1. The first-order valence-electron chi connectivity index (χ1n) is 6.97. The SMILES string of the molecule is COc1ccc(NC(=O)C(=O)NCC(=O)N2CCCC2)cn1. The summed E-state index contributed by atoms with van der Waals surface area (Å²) in [6.45, 7) is 1.24. The largest absolute Gasteiger partial charge is 0.481 e. The molecule has 2 N–H and O–H groups in total. The maximum absolute atomic E-state index is 11.8. The molecule has 8 heteroatoms. The van der Waals surface area contributed by atoms with Crippen LogP contribution in [0.4, 0.5) is 5.69 Å². The lowest BCUT2D eigenvalue weighted by Crippen LogP contribution is -2.42. The van der Waals surface area contributed by atoms with Gasteiger partial charge in [0.2, 0.25) is 11.8 Å². The average molecular weight is 306 g/mol. The van der Waals surface area contributed by atoms with E-state index in [0.29, 0.717) is 24.7 Å². The molecular weight excluding hydrogens is 288 g/mol. The number of likely N-dealkylation sites (tertiary alicyclic amines) is 1. The molecule has 1 fully saturated rings. The third-order valence-electron chi connectivity index (χ3n) is 3.27. The number of methoxy groups -OCH3 is 1. The van der Waals surface area contributed by atoms with Crippen LogP contribution in [0.2, 0.25) is 0 Å². The van der Waals surface area contributed by atoms with Crippen LogP contribution in [0.5, 0.6) is 5.88 Å². The van der Waals surface area contributed by atoms with Crippen LogP contribution in [0, 0.1) is 0 Å². The van der Waals surface area contributed by atoms with Crippen molar-refractivity contribution in [1.29, 1.82) is 0 Å². The molecule has 3 amide bonds. The van der Waals surface area contributed by atoms with Crippen LogP contribution >= 0.6 is 0 Å². The molecule has 0 unspecified atom stereocenters. The van der Waals surface area contributed by atoms with Crippen LogP contribution in [0.15, 0.2) is 18.3 Å². The van der Waals surface area contributed by atoms with Crippen molar-refractivity contribution in [1.82, 2.24) is 15.2 Å². The Morgan fingerprint density at radius 3 is 2.55 bits per heavy atom. The van der Waals surface area contributed by atoms with Crippen molar-refractivity contribution in [3.05, 3.63) is 18.3 Å². The minimum atomic E-state index is -0.858. The number of hydrogen-bond acceptors (Lipinski definition) is 5. The van der Waals surface area contributed by atoms with Gasteiger partial charge in [0.05, 0.1) is 25.5 Å². The zero-order chi connectivity index (χ0) is 15.9. The molecule has 0 bridgehead atoms. The molecule has 2 heterocycles. The van der Waals surface area contributed by atoms with E-state index in [0.717, 1.165) is 12.8 Å². The maximum Gasteiger partial charge on any atom is 0.313 e. The van der Waals surface area contributed by atoms with Crippen molar-refractivity contribution >= 4 is 23.4 Å². The number of hydrogen-bond donors (Lipinski definition) is 2. The van der Waals surface area contributed by atoms with E-state index in [9.17, 15) is 14.4 Å². The standard InChI is InChI=1S/C14H18N4O4/c1-22-11-5-4-10(8-15-11)17-14(21)13(20)16-9-12(19)18-6-2-3-7-18/h4-5,8H,2-3,6-7,9H2,1H3,(H,16,20)(H,17,21). The van der Waals surface area contributed by atoms with E-state index in [1.807, 2.05) is 0 Å². The molecule has 0 atom stereocenters. The lowest BCUT2D eigenvalue weighted by Gasteiger charge is -2.15. The highest BCUT2D eigenvalue weighted by molar-refractivity contribution is 6.39. The van der Waals surface area contributed by atoms with Gasteiger partial charge >= 0.3 is 11.8 Å². The first-order valence-corrected chi connectivity index (χ1v) is 6.97. The molecule has 2 rings (SSSR count). The highest BCUT2D eigenvalue weighted by atomic mass is 16.5. The summed E-state index contributed by atoms with van der Waals surface area (Å²) >= 11 is 0. The monoisotopic (exact) mass is 306 g/mol. The van der Waals surface area contributed by atoms with Gasteiger partial charge in [0.25, 0.3) is 0 Å². The molecule has 0 radical (unpaired) electrons. The van der Waals surface area contributed by atoms with Gasteiger partial charge in [0.1, 0.15) is 0 Å². The molecule has 0 aliphatic carbocycles.